The second-order valence-electron chi connectivity index (χ2n) is 3.47. The van der Waals surface area contributed by atoms with E-state index in [1.54, 1.807) is 0 Å². The van der Waals surface area contributed by atoms with Gasteiger partial charge in [-0.1, -0.05) is 19.1 Å². The summed E-state index contributed by atoms with van der Waals surface area (Å²) in [5, 5.41) is 3.28. The number of benzene rings is 1. The fourth-order valence-corrected chi connectivity index (χ4v) is 1.34. The Hall–Kier alpha value is -1.06. The van der Waals surface area contributed by atoms with Gasteiger partial charge in [0.25, 0.3) is 0 Å². The molecule has 0 aliphatic rings. The lowest BCUT2D eigenvalue weighted by molar-refractivity contribution is 0.110. The van der Waals surface area contributed by atoms with Crippen molar-refractivity contribution in [3.05, 3.63) is 29.8 Å². The van der Waals surface area contributed by atoms with Gasteiger partial charge in [-0.3, -0.25) is 0 Å². The van der Waals surface area contributed by atoms with Crippen LogP contribution >= 0.6 is 0 Å². The summed E-state index contributed by atoms with van der Waals surface area (Å²) in [7, 11) is 0. The molecule has 1 N–H and O–H groups in total. The van der Waals surface area contributed by atoms with E-state index in [2.05, 4.69) is 24.4 Å². The van der Waals surface area contributed by atoms with E-state index in [4.69, 9.17) is 9.47 Å². The summed E-state index contributed by atoms with van der Waals surface area (Å²) in [6, 6.07) is 8.16. The third-order valence-corrected chi connectivity index (χ3v) is 2.20. The molecule has 3 heteroatoms. The quantitative estimate of drug-likeness (QED) is 0.685. The minimum Gasteiger partial charge on any atom is -0.491 e. The third kappa shape index (κ3) is 5.14. The molecule has 1 aromatic carbocycles. The summed E-state index contributed by atoms with van der Waals surface area (Å²) in [4.78, 5) is 0. The van der Waals surface area contributed by atoms with Gasteiger partial charge in [-0.15, -0.1) is 0 Å². The van der Waals surface area contributed by atoms with E-state index < -0.39 is 0 Å². The first kappa shape index (κ1) is 13.0. The average Bonchev–Trinajstić information content (AvgIpc) is 2.33. The number of ether oxygens (including phenoxy) is 2. The highest BCUT2D eigenvalue weighted by Gasteiger charge is 1.95. The van der Waals surface area contributed by atoms with Crippen molar-refractivity contribution in [2.24, 2.45) is 0 Å². The Kier molecular flexibility index (Phi) is 6.61. The van der Waals surface area contributed by atoms with Crippen molar-refractivity contribution < 1.29 is 9.47 Å². The predicted octanol–water partition coefficient (Wildman–Crippen LogP) is 2.21. The number of hydrogen-bond acceptors (Lipinski definition) is 3. The highest BCUT2D eigenvalue weighted by molar-refractivity contribution is 5.27. The zero-order chi connectivity index (χ0) is 11.6. The topological polar surface area (TPSA) is 30.5 Å². The monoisotopic (exact) mass is 223 g/mol. The molecule has 16 heavy (non-hydrogen) atoms. The molecule has 0 aliphatic carbocycles. The molecule has 0 amide bonds. The summed E-state index contributed by atoms with van der Waals surface area (Å²) in [5.74, 6) is 0.903. The zero-order valence-electron chi connectivity index (χ0n) is 10.2. The van der Waals surface area contributed by atoms with E-state index in [-0.39, 0.29) is 0 Å². The van der Waals surface area contributed by atoms with Gasteiger partial charge in [0.05, 0.1) is 6.61 Å². The lowest BCUT2D eigenvalue weighted by Gasteiger charge is -2.07. The minimum atomic E-state index is 0.612. The molecule has 0 spiro atoms. The lowest BCUT2D eigenvalue weighted by atomic mass is 10.2. The molecule has 0 unspecified atom stereocenters. The maximum Gasteiger partial charge on any atom is 0.119 e. The third-order valence-electron chi connectivity index (χ3n) is 2.20. The van der Waals surface area contributed by atoms with E-state index in [9.17, 15) is 0 Å². The van der Waals surface area contributed by atoms with Crippen LogP contribution in [-0.4, -0.2) is 26.4 Å². The summed E-state index contributed by atoms with van der Waals surface area (Å²) in [5.41, 5.74) is 1.28. The van der Waals surface area contributed by atoms with Gasteiger partial charge in [0.15, 0.2) is 0 Å². The Morgan fingerprint density at radius 2 is 1.81 bits per heavy atom. The van der Waals surface area contributed by atoms with Gasteiger partial charge in [-0.05, 0) is 31.2 Å². The maximum absolute atomic E-state index is 5.52. The molecule has 0 fully saturated rings. The molecule has 0 saturated carbocycles. The first-order chi connectivity index (χ1) is 7.86. The second kappa shape index (κ2) is 8.13. The van der Waals surface area contributed by atoms with Crippen LogP contribution in [-0.2, 0) is 11.3 Å². The van der Waals surface area contributed by atoms with E-state index in [0.29, 0.717) is 13.2 Å². The maximum atomic E-state index is 5.52. The van der Waals surface area contributed by atoms with Crippen molar-refractivity contribution in [3.8, 4) is 5.75 Å². The van der Waals surface area contributed by atoms with Gasteiger partial charge >= 0.3 is 0 Å². The molecule has 0 aromatic heterocycles. The Bertz CT molecular complexity index is 272. The molecule has 0 bridgehead atoms. The van der Waals surface area contributed by atoms with Crippen LogP contribution in [0.5, 0.6) is 5.75 Å². The van der Waals surface area contributed by atoms with Gasteiger partial charge in [-0.2, -0.15) is 0 Å². The summed E-state index contributed by atoms with van der Waals surface area (Å²) in [6.07, 6.45) is 0. The molecule has 90 valence electrons. The molecule has 1 rings (SSSR count). The van der Waals surface area contributed by atoms with E-state index in [1.165, 1.54) is 5.56 Å². The van der Waals surface area contributed by atoms with Crippen molar-refractivity contribution in [2.45, 2.75) is 20.4 Å². The van der Waals surface area contributed by atoms with Crippen LogP contribution in [0.15, 0.2) is 24.3 Å². The Labute approximate surface area is 97.8 Å². The smallest absolute Gasteiger partial charge is 0.119 e. The van der Waals surface area contributed by atoms with E-state index >= 15 is 0 Å². The van der Waals surface area contributed by atoms with Crippen molar-refractivity contribution in [3.63, 3.8) is 0 Å². The number of nitrogens with one attached hydrogen (secondary N) is 1. The molecule has 0 radical (unpaired) electrons. The van der Waals surface area contributed by atoms with Crippen LogP contribution in [0.3, 0.4) is 0 Å². The normalized spacial score (nSPS) is 10.4. The molecule has 0 saturated heterocycles. The predicted molar refractivity (Wildman–Crippen MR) is 65.8 cm³/mol. The summed E-state index contributed by atoms with van der Waals surface area (Å²) < 4.78 is 10.7. The SMILES string of the molecule is CCNCc1ccc(OCCOCC)cc1. The minimum absolute atomic E-state index is 0.612. The van der Waals surface area contributed by atoms with Crippen molar-refractivity contribution in [1.82, 2.24) is 5.32 Å². The highest BCUT2D eigenvalue weighted by atomic mass is 16.5. The number of hydrogen-bond donors (Lipinski definition) is 1. The van der Waals surface area contributed by atoms with Crippen LogP contribution in [0.25, 0.3) is 0 Å². The Morgan fingerprint density at radius 1 is 1.06 bits per heavy atom. The first-order valence-electron chi connectivity index (χ1n) is 5.87. The molecular formula is C13H21NO2. The summed E-state index contributed by atoms with van der Waals surface area (Å²) in [6.45, 7) is 7.99. The van der Waals surface area contributed by atoms with Gasteiger partial charge in [0.1, 0.15) is 12.4 Å². The molecular weight excluding hydrogens is 202 g/mol. The first-order valence-corrected chi connectivity index (χ1v) is 5.87. The Balaban J connectivity index is 2.27. The second-order valence-corrected chi connectivity index (χ2v) is 3.47. The van der Waals surface area contributed by atoms with Gasteiger partial charge in [-0.25, -0.2) is 0 Å². The van der Waals surface area contributed by atoms with Gasteiger partial charge < -0.3 is 14.8 Å². The van der Waals surface area contributed by atoms with Crippen molar-refractivity contribution in [2.75, 3.05) is 26.4 Å². The molecule has 0 aliphatic heterocycles. The van der Waals surface area contributed by atoms with Gasteiger partial charge in [0.2, 0.25) is 0 Å². The Morgan fingerprint density at radius 3 is 2.44 bits per heavy atom. The zero-order valence-corrected chi connectivity index (χ0v) is 10.2. The largest absolute Gasteiger partial charge is 0.491 e. The van der Waals surface area contributed by atoms with Crippen molar-refractivity contribution >= 4 is 0 Å². The van der Waals surface area contributed by atoms with E-state index in [1.807, 2.05) is 19.1 Å². The fraction of sp³-hybridized carbons (Fsp3) is 0.538. The van der Waals surface area contributed by atoms with Crippen LogP contribution in [0.1, 0.15) is 19.4 Å². The van der Waals surface area contributed by atoms with E-state index in [0.717, 1.165) is 25.4 Å². The summed E-state index contributed by atoms with van der Waals surface area (Å²) >= 11 is 0. The molecule has 0 heterocycles. The fourth-order valence-electron chi connectivity index (χ4n) is 1.34. The van der Waals surface area contributed by atoms with Crippen molar-refractivity contribution in [1.29, 1.82) is 0 Å². The van der Waals surface area contributed by atoms with Crippen LogP contribution in [0.2, 0.25) is 0 Å². The van der Waals surface area contributed by atoms with Gasteiger partial charge in [0, 0.05) is 13.2 Å². The lowest BCUT2D eigenvalue weighted by Crippen LogP contribution is -2.11. The number of rotatable bonds is 8. The van der Waals surface area contributed by atoms with Crippen LogP contribution in [0.4, 0.5) is 0 Å². The average molecular weight is 223 g/mol. The highest BCUT2D eigenvalue weighted by Crippen LogP contribution is 2.11. The molecule has 3 nitrogen and oxygen atoms in total. The molecule has 0 atom stereocenters. The molecule has 1 aromatic rings. The standard InChI is InChI=1S/C13H21NO2/c1-3-14-11-12-5-7-13(8-6-12)16-10-9-15-4-2/h5-8,14H,3-4,9-11H2,1-2H3. The van der Waals surface area contributed by atoms with Crippen LogP contribution < -0.4 is 10.1 Å². The van der Waals surface area contributed by atoms with Crippen LogP contribution in [0, 0.1) is 0 Å².